The molecular weight excluding hydrogens is 380 g/mol. The fraction of sp³-hybridized carbons (Fsp3) is 0.250. The highest BCUT2D eigenvalue weighted by atomic mass is 16.6. The number of nitrogens with zero attached hydrogens (tertiary/aromatic N) is 2. The van der Waals surface area contributed by atoms with E-state index in [-0.39, 0.29) is 27.9 Å². The lowest BCUT2D eigenvalue weighted by atomic mass is 9.82. The van der Waals surface area contributed by atoms with Crippen LogP contribution in [0.3, 0.4) is 0 Å². The van der Waals surface area contributed by atoms with Crippen molar-refractivity contribution in [3.63, 3.8) is 0 Å². The molecule has 6 heteroatoms. The molecule has 0 unspecified atom stereocenters. The van der Waals surface area contributed by atoms with Gasteiger partial charge in [0.2, 0.25) is 0 Å². The van der Waals surface area contributed by atoms with Crippen molar-refractivity contribution in [2.75, 3.05) is 0 Å². The van der Waals surface area contributed by atoms with Crippen LogP contribution in [0.1, 0.15) is 37.5 Å². The first kappa shape index (κ1) is 21.2. The molecule has 6 nitrogen and oxygen atoms in total. The Morgan fingerprint density at radius 1 is 0.867 bits per heavy atom. The molecule has 0 N–H and O–H groups in total. The highest BCUT2D eigenvalue weighted by Crippen LogP contribution is 2.43. The third-order valence-corrected chi connectivity index (χ3v) is 5.19. The van der Waals surface area contributed by atoms with Gasteiger partial charge >= 0.3 is 0 Å². The quantitative estimate of drug-likeness (QED) is 0.365. The van der Waals surface area contributed by atoms with Crippen LogP contribution < -0.4 is 0 Å². The van der Waals surface area contributed by atoms with Crippen LogP contribution in [-0.2, 0) is 5.41 Å². The predicted octanol–water partition coefficient (Wildman–Crippen LogP) is 6.55. The molecule has 0 heterocycles. The zero-order chi connectivity index (χ0) is 22.2. The summed E-state index contributed by atoms with van der Waals surface area (Å²) in [6.45, 7) is 10.2. The number of nitro groups is 2. The molecule has 0 fully saturated rings. The van der Waals surface area contributed by atoms with Crippen LogP contribution in [-0.4, -0.2) is 9.85 Å². The van der Waals surface area contributed by atoms with E-state index in [1.54, 1.807) is 18.2 Å². The summed E-state index contributed by atoms with van der Waals surface area (Å²) in [4.78, 5) is 22.6. The van der Waals surface area contributed by atoms with Crippen LogP contribution in [0.5, 0.6) is 0 Å². The van der Waals surface area contributed by atoms with Gasteiger partial charge in [0.1, 0.15) is 0 Å². The molecular formula is C24H23N2O4. The van der Waals surface area contributed by atoms with Crippen LogP contribution in [0, 0.1) is 40.1 Å². The topological polar surface area (TPSA) is 86.3 Å². The summed E-state index contributed by atoms with van der Waals surface area (Å²) in [6.07, 6.45) is 0. The summed E-state index contributed by atoms with van der Waals surface area (Å²) >= 11 is 0. The van der Waals surface area contributed by atoms with E-state index in [1.807, 2.05) is 26.0 Å². The summed E-state index contributed by atoms with van der Waals surface area (Å²) in [6, 6.07) is 16.2. The van der Waals surface area contributed by atoms with E-state index < -0.39 is 9.85 Å². The lowest BCUT2D eigenvalue weighted by Gasteiger charge is -2.22. The number of para-hydroxylation sites is 1. The van der Waals surface area contributed by atoms with Gasteiger partial charge in [0.25, 0.3) is 11.4 Å². The van der Waals surface area contributed by atoms with E-state index in [0.29, 0.717) is 5.56 Å². The zero-order valence-corrected chi connectivity index (χ0v) is 17.6. The predicted molar refractivity (Wildman–Crippen MR) is 118 cm³/mol. The molecule has 0 aliphatic rings. The first-order chi connectivity index (χ1) is 14.0. The Morgan fingerprint density at radius 2 is 1.47 bits per heavy atom. The average Bonchev–Trinajstić information content (AvgIpc) is 2.66. The normalized spacial score (nSPS) is 11.4. The minimum absolute atomic E-state index is 0.0553. The minimum atomic E-state index is -0.534. The van der Waals surface area contributed by atoms with Crippen molar-refractivity contribution in [1.29, 1.82) is 0 Å². The lowest BCUT2D eigenvalue weighted by Crippen LogP contribution is -2.12. The van der Waals surface area contributed by atoms with E-state index in [1.165, 1.54) is 18.2 Å². The second kappa shape index (κ2) is 7.71. The molecule has 0 bridgehead atoms. The number of nitro benzene ring substituents is 2. The lowest BCUT2D eigenvalue weighted by molar-refractivity contribution is -0.386. The third kappa shape index (κ3) is 3.81. The SMILES string of the molecule is Cc1cc(C(C)(C)C)cc(C)c1-c1cc[c]c(-c2ccccc2[N+](=O)[O-])c1[N+](=O)[O-]. The van der Waals surface area contributed by atoms with E-state index in [4.69, 9.17) is 0 Å². The third-order valence-electron chi connectivity index (χ3n) is 5.19. The molecule has 3 aromatic rings. The van der Waals surface area contributed by atoms with Crippen LogP contribution in [0.2, 0.25) is 0 Å². The first-order valence-electron chi connectivity index (χ1n) is 9.57. The zero-order valence-electron chi connectivity index (χ0n) is 17.6. The van der Waals surface area contributed by atoms with Crippen molar-refractivity contribution in [2.45, 2.75) is 40.0 Å². The van der Waals surface area contributed by atoms with Crippen molar-refractivity contribution in [3.05, 3.63) is 91.5 Å². The Hall–Kier alpha value is -3.54. The molecule has 0 atom stereocenters. The summed E-state index contributed by atoms with van der Waals surface area (Å²) < 4.78 is 0. The van der Waals surface area contributed by atoms with Gasteiger partial charge in [-0.15, -0.1) is 0 Å². The van der Waals surface area contributed by atoms with E-state index in [0.717, 1.165) is 22.3 Å². The highest BCUT2D eigenvalue weighted by molar-refractivity contribution is 5.90. The molecule has 0 saturated carbocycles. The maximum absolute atomic E-state index is 12.1. The van der Waals surface area contributed by atoms with E-state index >= 15 is 0 Å². The van der Waals surface area contributed by atoms with Gasteiger partial charge in [0, 0.05) is 6.07 Å². The minimum Gasteiger partial charge on any atom is -0.258 e. The number of benzene rings is 3. The van der Waals surface area contributed by atoms with Crippen LogP contribution in [0.15, 0.2) is 48.5 Å². The van der Waals surface area contributed by atoms with Gasteiger partial charge in [0.05, 0.1) is 26.5 Å². The standard InChI is InChI=1S/C24H23N2O4/c1-15-13-17(24(3,4)5)14-16(2)22(15)20-11-8-10-19(23(20)26(29)30)18-9-6-7-12-21(18)25(27)28/h6-9,11-14H,1-5H3. The molecule has 153 valence electrons. The highest BCUT2D eigenvalue weighted by Gasteiger charge is 2.28. The largest absolute Gasteiger partial charge is 0.285 e. The van der Waals surface area contributed by atoms with Gasteiger partial charge in [-0.3, -0.25) is 20.2 Å². The van der Waals surface area contributed by atoms with Crippen LogP contribution >= 0.6 is 0 Å². The Balaban J connectivity index is 2.34. The van der Waals surface area contributed by atoms with Gasteiger partial charge in [-0.05, 0) is 59.7 Å². The fourth-order valence-corrected chi connectivity index (χ4v) is 3.75. The molecule has 3 rings (SSSR count). The summed E-state index contributed by atoms with van der Waals surface area (Å²) in [5, 5.41) is 23.6. The molecule has 0 saturated heterocycles. The maximum atomic E-state index is 12.1. The van der Waals surface area contributed by atoms with Crippen molar-refractivity contribution in [2.24, 2.45) is 0 Å². The maximum Gasteiger partial charge on any atom is 0.285 e. The number of aryl methyl sites for hydroxylation is 2. The average molecular weight is 403 g/mol. The van der Waals surface area contributed by atoms with Gasteiger partial charge in [0.15, 0.2) is 0 Å². The molecule has 0 spiro atoms. The fourth-order valence-electron chi connectivity index (χ4n) is 3.75. The Kier molecular flexibility index (Phi) is 5.44. The smallest absolute Gasteiger partial charge is 0.258 e. The van der Waals surface area contributed by atoms with Crippen LogP contribution in [0.4, 0.5) is 11.4 Å². The Labute approximate surface area is 175 Å². The Morgan fingerprint density at radius 3 is 2.00 bits per heavy atom. The number of rotatable bonds is 4. The molecule has 3 aromatic carbocycles. The summed E-state index contributed by atoms with van der Waals surface area (Å²) in [5.41, 5.74) is 4.05. The van der Waals surface area contributed by atoms with Crippen molar-refractivity contribution in [3.8, 4) is 22.3 Å². The summed E-state index contributed by atoms with van der Waals surface area (Å²) in [5.74, 6) is 0. The molecule has 30 heavy (non-hydrogen) atoms. The molecule has 1 radical (unpaired) electrons. The van der Waals surface area contributed by atoms with E-state index in [2.05, 4.69) is 26.8 Å². The van der Waals surface area contributed by atoms with E-state index in [9.17, 15) is 20.2 Å². The number of hydrogen-bond donors (Lipinski definition) is 0. The summed E-state index contributed by atoms with van der Waals surface area (Å²) in [7, 11) is 0. The second-order valence-electron chi connectivity index (χ2n) is 8.38. The van der Waals surface area contributed by atoms with Gasteiger partial charge in [-0.2, -0.15) is 0 Å². The van der Waals surface area contributed by atoms with Crippen molar-refractivity contribution < 1.29 is 9.85 Å². The Bertz CT molecular complexity index is 1140. The van der Waals surface area contributed by atoms with Crippen molar-refractivity contribution in [1.82, 2.24) is 0 Å². The van der Waals surface area contributed by atoms with Crippen LogP contribution in [0.25, 0.3) is 22.3 Å². The molecule has 0 aromatic heterocycles. The van der Waals surface area contributed by atoms with Gasteiger partial charge < -0.3 is 0 Å². The monoisotopic (exact) mass is 403 g/mol. The number of hydrogen-bond acceptors (Lipinski definition) is 4. The molecule has 0 aliphatic heterocycles. The van der Waals surface area contributed by atoms with Crippen molar-refractivity contribution >= 4 is 11.4 Å². The van der Waals surface area contributed by atoms with Gasteiger partial charge in [-0.25, -0.2) is 0 Å². The molecule has 0 amide bonds. The first-order valence-corrected chi connectivity index (χ1v) is 9.57. The molecule has 0 aliphatic carbocycles. The second-order valence-corrected chi connectivity index (χ2v) is 8.38. The van der Waals surface area contributed by atoms with Gasteiger partial charge in [-0.1, -0.05) is 51.1 Å².